The van der Waals surface area contributed by atoms with Crippen molar-refractivity contribution in [1.82, 2.24) is 4.90 Å². The Morgan fingerprint density at radius 2 is 1.82 bits per heavy atom. The fourth-order valence-corrected chi connectivity index (χ4v) is 7.75. The SMILES string of the molecule is O=C(N1CCC(c2cccs2)S(=O)(=O)CC1)C1(c2ccc(Cl)cc2)CCCC1. The third kappa shape index (κ3) is 3.62. The summed E-state index contributed by atoms with van der Waals surface area (Å²) in [5.74, 6) is 0.104. The summed E-state index contributed by atoms with van der Waals surface area (Å²) in [6, 6.07) is 11.4. The van der Waals surface area contributed by atoms with Crippen LogP contribution >= 0.6 is 22.9 Å². The maximum Gasteiger partial charge on any atom is 0.233 e. The largest absolute Gasteiger partial charge is 0.341 e. The molecule has 1 aliphatic heterocycles. The Morgan fingerprint density at radius 1 is 1.11 bits per heavy atom. The normalized spacial score (nSPS) is 24.0. The molecule has 1 saturated heterocycles. The maximum absolute atomic E-state index is 13.7. The first kappa shape index (κ1) is 19.9. The van der Waals surface area contributed by atoms with Crippen molar-refractivity contribution in [3.05, 3.63) is 57.2 Å². The van der Waals surface area contributed by atoms with Gasteiger partial charge < -0.3 is 4.90 Å². The van der Waals surface area contributed by atoms with Crippen LogP contribution in [0, 0.1) is 0 Å². The van der Waals surface area contributed by atoms with Gasteiger partial charge in [-0.1, -0.05) is 42.6 Å². The molecule has 1 atom stereocenters. The second-order valence-electron chi connectivity index (χ2n) is 7.75. The molecule has 0 radical (unpaired) electrons. The van der Waals surface area contributed by atoms with E-state index in [1.807, 2.05) is 41.8 Å². The van der Waals surface area contributed by atoms with E-state index in [1.54, 1.807) is 4.90 Å². The zero-order chi connectivity index (χ0) is 19.8. The first-order valence-corrected chi connectivity index (χ1v) is 12.7. The molecule has 0 N–H and O–H groups in total. The summed E-state index contributed by atoms with van der Waals surface area (Å²) in [6.45, 7) is 0.758. The van der Waals surface area contributed by atoms with Gasteiger partial charge in [0.05, 0.1) is 16.4 Å². The lowest BCUT2D eigenvalue weighted by Crippen LogP contribution is -2.46. The molecular formula is C21H24ClNO3S2. The molecule has 4 nitrogen and oxygen atoms in total. The molecule has 7 heteroatoms. The zero-order valence-electron chi connectivity index (χ0n) is 15.6. The summed E-state index contributed by atoms with van der Waals surface area (Å²) < 4.78 is 25.7. The van der Waals surface area contributed by atoms with Crippen molar-refractivity contribution in [2.24, 2.45) is 0 Å². The van der Waals surface area contributed by atoms with Gasteiger partial charge in [0.1, 0.15) is 0 Å². The molecule has 1 amide bonds. The van der Waals surface area contributed by atoms with Gasteiger partial charge in [-0.25, -0.2) is 8.42 Å². The van der Waals surface area contributed by atoms with Gasteiger partial charge in [0, 0.05) is 23.0 Å². The van der Waals surface area contributed by atoms with Crippen LogP contribution in [-0.2, 0) is 20.0 Å². The molecule has 0 bridgehead atoms. The van der Waals surface area contributed by atoms with E-state index in [0.717, 1.165) is 36.1 Å². The van der Waals surface area contributed by atoms with Crippen molar-refractivity contribution in [1.29, 1.82) is 0 Å². The lowest BCUT2D eigenvalue weighted by Gasteiger charge is -2.34. The number of rotatable bonds is 3. The Bertz CT molecular complexity index is 933. The Hall–Kier alpha value is -1.37. The highest BCUT2D eigenvalue weighted by atomic mass is 35.5. The molecular weight excluding hydrogens is 414 g/mol. The topological polar surface area (TPSA) is 54.5 Å². The predicted octanol–water partition coefficient (Wildman–Crippen LogP) is 4.60. The molecule has 2 heterocycles. The van der Waals surface area contributed by atoms with E-state index in [-0.39, 0.29) is 18.2 Å². The summed E-state index contributed by atoms with van der Waals surface area (Å²) >= 11 is 7.53. The van der Waals surface area contributed by atoms with Gasteiger partial charge in [-0.2, -0.15) is 0 Å². The van der Waals surface area contributed by atoms with Gasteiger partial charge in [0.25, 0.3) is 0 Å². The molecule has 0 spiro atoms. The molecule has 2 fully saturated rings. The van der Waals surface area contributed by atoms with E-state index < -0.39 is 20.5 Å². The third-order valence-corrected chi connectivity index (χ3v) is 9.65. The molecule has 1 saturated carbocycles. The minimum absolute atomic E-state index is 0.0258. The van der Waals surface area contributed by atoms with Crippen LogP contribution in [-0.4, -0.2) is 38.1 Å². The van der Waals surface area contributed by atoms with E-state index in [9.17, 15) is 13.2 Å². The maximum atomic E-state index is 13.7. The number of hydrogen-bond acceptors (Lipinski definition) is 4. The Morgan fingerprint density at radius 3 is 2.46 bits per heavy atom. The van der Waals surface area contributed by atoms with Crippen molar-refractivity contribution in [3.8, 4) is 0 Å². The zero-order valence-corrected chi connectivity index (χ0v) is 18.0. The van der Waals surface area contributed by atoms with Crippen LogP contribution in [0.1, 0.15) is 47.8 Å². The lowest BCUT2D eigenvalue weighted by molar-refractivity contribution is -0.137. The van der Waals surface area contributed by atoms with Crippen LogP contribution in [0.5, 0.6) is 0 Å². The van der Waals surface area contributed by atoms with E-state index >= 15 is 0 Å². The minimum Gasteiger partial charge on any atom is -0.341 e. The summed E-state index contributed by atoms with van der Waals surface area (Å²) in [6.07, 6.45) is 4.11. The van der Waals surface area contributed by atoms with Crippen molar-refractivity contribution in [3.63, 3.8) is 0 Å². The van der Waals surface area contributed by atoms with E-state index in [4.69, 9.17) is 11.6 Å². The third-order valence-electron chi connectivity index (χ3n) is 6.15. The van der Waals surface area contributed by atoms with Gasteiger partial charge in [0.15, 0.2) is 9.84 Å². The molecule has 1 aromatic heterocycles. The number of carbonyl (C=O) groups excluding carboxylic acids is 1. The monoisotopic (exact) mass is 437 g/mol. The second-order valence-corrected chi connectivity index (χ2v) is 11.5. The van der Waals surface area contributed by atoms with E-state index in [1.165, 1.54) is 11.3 Å². The number of thiophene rings is 1. The van der Waals surface area contributed by atoms with Crippen molar-refractivity contribution >= 4 is 38.7 Å². The van der Waals surface area contributed by atoms with Gasteiger partial charge in [-0.05, 0) is 48.4 Å². The van der Waals surface area contributed by atoms with Gasteiger partial charge >= 0.3 is 0 Å². The number of halogens is 1. The quantitative estimate of drug-likeness (QED) is 0.704. The van der Waals surface area contributed by atoms with Crippen LogP contribution in [0.2, 0.25) is 5.02 Å². The molecule has 1 aliphatic carbocycles. The number of benzene rings is 1. The number of sulfone groups is 1. The number of nitrogens with zero attached hydrogens (tertiary/aromatic N) is 1. The van der Waals surface area contributed by atoms with Crippen molar-refractivity contribution < 1.29 is 13.2 Å². The molecule has 1 aromatic carbocycles. The Balaban J connectivity index is 1.61. The average Bonchev–Trinajstić information content (AvgIpc) is 3.34. The van der Waals surface area contributed by atoms with Crippen LogP contribution in [0.15, 0.2) is 41.8 Å². The van der Waals surface area contributed by atoms with Gasteiger partial charge in [-0.15, -0.1) is 11.3 Å². The van der Waals surface area contributed by atoms with Crippen LogP contribution < -0.4 is 0 Å². The van der Waals surface area contributed by atoms with Crippen molar-refractivity contribution in [2.75, 3.05) is 18.8 Å². The molecule has 28 heavy (non-hydrogen) atoms. The number of amides is 1. The standard InChI is InChI=1S/C21H24ClNO3S2/c22-17-7-5-16(6-8-17)21(10-1-2-11-21)20(24)23-12-9-19(18-4-3-14-27-18)28(25,26)15-13-23/h3-8,14,19H,1-2,9-13,15H2. The predicted molar refractivity (Wildman–Crippen MR) is 114 cm³/mol. The Labute approximate surface area is 175 Å². The van der Waals surface area contributed by atoms with Crippen molar-refractivity contribution in [2.45, 2.75) is 42.8 Å². The van der Waals surface area contributed by atoms with Crippen LogP contribution in [0.3, 0.4) is 0 Å². The van der Waals surface area contributed by atoms with Gasteiger partial charge in [0.2, 0.25) is 5.91 Å². The number of carbonyl (C=O) groups is 1. The van der Waals surface area contributed by atoms with Crippen LogP contribution in [0.4, 0.5) is 0 Å². The smallest absolute Gasteiger partial charge is 0.233 e. The van der Waals surface area contributed by atoms with Gasteiger partial charge in [-0.3, -0.25) is 4.79 Å². The number of hydrogen-bond donors (Lipinski definition) is 0. The molecule has 2 aromatic rings. The second kappa shape index (κ2) is 7.81. The average molecular weight is 438 g/mol. The molecule has 4 rings (SSSR count). The highest BCUT2D eigenvalue weighted by molar-refractivity contribution is 7.91. The summed E-state index contributed by atoms with van der Waals surface area (Å²) in [5, 5.41) is 2.07. The summed E-state index contributed by atoms with van der Waals surface area (Å²) in [7, 11) is -3.26. The molecule has 2 aliphatic rings. The first-order chi connectivity index (χ1) is 13.4. The summed E-state index contributed by atoms with van der Waals surface area (Å²) in [5.41, 5.74) is 0.457. The van der Waals surface area contributed by atoms with E-state index in [0.29, 0.717) is 18.0 Å². The molecule has 1 unspecified atom stereocenters. The molecule has 150 valence electrons. The first-order valence-electron chi connectivity index (χ1n) is 9.73. The highest BCUT2D eigenvalue weighted by Crippen LogP contribution is 2.43. The van der Waals surface area contributed by atoms with Crippen LogP contribution in [0.25, 0.3) is 0 Å². The fourth-order valence-electron chi connectivity index (χ4n) is 4.62. The van der Waals surface area contributed by atoms with E-state index in [2.05, 4.69) is 0 Å². The summed E-state index contributed by atoms with van der Waals surface area (Å²) in [4.78, 5) is 16.3. The fraction of sp³-hybridized carbons (Fsp3) is 0.476. The Kier molecular flexibility index (Phi) is 5.55. The lowest BCUT2D eigenvalue weighted by atomic mass is 9.77. The minimum atomic E-state index is -3.26. The highest BCUT2D eigenvalue weighted by Gasteiger charge is 2.46.